The molecule has 7 nitrogen and oxygen atoms in total. The van der Waals surface area contributed by atoms with Gasteiger partial charge in [0.2, 0.25) is 5.91 Å². The summed E-state index contributed by atoms with van der Waals surface area (Å²) in [6.07, 6.45) is 2.13. The van der Waals surface area contributed by atoms with Crippen LogP contribution in [0.5, 0.6) is 0 Å². The Labute approximate surface area is 164 Å². The van der Waals surface area contributed by atoms with E-state index < -0.39 is 0 Å². The summed E-state index contributed by atoms with van der Waals surface area (Å²) in [5.41, 5.74) is 2.12. The molecule has 0 saturated carbocycles. The van der Waals surface area contributed by atoms with Crippen LogP contribution in [0.4, 0.5) is 17.5 Å². The van der Waals surface area contributed by atoms with Crippen LogP contribution in [0.3, 0.4) is 0 Å². The van der Waals surface area contributed by atoms with E-state index in [1.165, 1.54) is 0 Å². The van der Waals surface area contributed by atoms with Gasteiger partial charge in [0, 0.05) is 25.4 Å². The molecule has 28 heavy (non-hydrogen) atoms. The summed E-state index contributed by atoms with van der Waals surface area (Å²) >= 11 is 0. The molecule has 0 aliphatic carbocycles. The predicted octanol–water partition coefficient (Wildman–Crippen LogP) is 3.00. The van der Waals surface area contributed by atoms with E-state index >= 15 is 0 Å². The Hall–Kier alpha value is -3.48. The summed E-state index contributed by atoms with van der Waals surface area (Å²) in [7, 11) is 0. The normalized spacial score (nSPS) is 10.4. The van der Waals surface area contributed by atoms with Gasteiger partial charge in [-0.2, -0.15) is 0 Å². The lowest BCUT2D eigenvalue weighted by Crippen LogP contribution is -2.30. The highest BCUT2D eigenvalue weighted by Crippen LogP contribution is 2.16. The predicted molar refractivity (Wildman–Crippen MR) is 111 cm³/mol. The van der Waals surface area contributed by atoms with Crippen molar-refractivity contribution in [3.8, 4) is 0 Å². The number of rotatable bonds is 8. The first-order valence-corrected chi connectivity index (χ1v) is 9.18. The Morgan fingerprint density at radius 1 is 0.929 bits per heavy atom. The molecule has 2 heterocycles. The average Bonchev–Trinajstić information content (AvgIpc) is 2.66. The van der Waals surface area contributed by atoms with E-state index in [1.54, 1.807) is 6.20 Å². The number of anilines is 3. The lowest BCUT2D eigenvalue weighted by Gasteiger charge is -2.11. The number of pyridine rings is 1. The van der Waals surface area contributed by atoms with Crippen LogP contribution in [-0.4, -0.2) is 33.9 Å². The van der Waals surface area contributed by atoms with Crippen molar-refractivity contribution in [2.75, 3.05) is 23.7 Å². The molecule has 0 saturated heterocycles. The highest BCUT2D eigenvalue weighted by molar-refractivity contribution is 5.78. The van der Waals surface area contributed by atoms with Gasteiger partial charge in [0.05, 0.1) is 6.42 Å². The van der Waals surface area contributed by atoms with Gasteiger partial charge in [-0.1, -0.05) is 30.3 Å². The Balaban J connectivity index is 1.49. The van der Waals surface area contributed by atoms with Crippen molar-refractivity contribution in [1.82, 2.24) is 20.3 Å². The van der Waals surface area contributed by atoms with Gasteiger partial charge >= 0.3 is 0 Å². The Morgan fingerprint density at radius 2 is 1.71 bits per heavy atom. The SMILES string of the molecule is Cc1ccnc(Nc2cc(NCCNC(=O)Cc3ccccc3)nc(C)n2)c1. The van der Waals surface area contributed by atoms with Gasteiger partial charge in [-0.15, -0.1) is 0 Å². The molecule has 2 aromatic heterocycles. The lowest BCUT2D eigenvalue weighted by molar-refractivity contribution is -0.120. The molecule has 1 aromatic carbocycles. The second kappa shape index (κ2) is 9.45. The van der Waals surface area contributed by atoms with Gasteiger partial charge in [0.1, 0.15) is 23.3 Å². The van der Waals surface area contributed by atoms with Gasteiger partial charge in [-0.05, 0) is 37.1 Å². The lowest BCUT2D eigenvalue weighted by atomic mass is 10.1. The molecule has 144 valence electrons. The molecule has 0 atom stereocenters. The van der Waals surface area contributed by atoms with Crippen molar-refractivity contribution in [1.29, 1.82) is 0 Å². The third-order valence-corrected chi connectivity index (χ3v) is 3.97. The molecule has 0 radical (unpaired) electrons. The van der Waals surface area contributed by atoms with Crippen molar-refractivity contribution < 1.29 is 4.79 Å². The van der Waals surface area contributed by atoms with Gasteiger partial charge < -0.3 is 16.0 Å². The monoisotopic (exact) mass is 376 g/mol. The van der Waals surface area contributed by atoms with E-state index in [0.29, 0.717) is 37.0 Å². The Bertz CT molecular complexity index is 929. The molecule has 3 rings (SSSR count). The van der Waals surface area contributed by atoms with Gasteiger partial charge in [-0.25, -0.2) is 15.0 Å². The van der Waals surface area contributed by atoms with Gasteiger partial charge in [-0.3, -0.25) is 4.79 Å². The molecular weight excluding hydrogens is 352 g/mol. The summed E-state index contributed by atoms with van der Waals surface area (Å²) < 4.78 is 0. The van der Waals surface area contributed by atoms with Crippen molar-refractivity contribution in [2.45, 2.75) is 20.3 Å². The van der Waals surface area contributed by atoms with Crippen LogP contribution in [-0.2, 0) is 11.2 Å². The van der Waals surface area contributed by atoms with Crippen LogP contribution in [0.25, 0.3) is 0 Å². The standard InChI is InChI=1S/C21H24N6O/c1-15-8-9-22-18(12-15)27-20-14-19(25-16(2)26-20)23-10-11-24-21(28)13-17-6-4-3-5-7-17/h3-9,12,14H,10-11,13H2,1-2H3,(H,24,28)(H2,22,23,25,26,27). The summed E-state index contributed by atoms with van der Waals surface area (Å²) in [6.45, 7) is 4.93. The number of hydrogen-bond acceptors (Lipinski definition) is 6. The van der Waals surface area contributed by atoms with Gasteiger partial charge in [0.25, 0.3) is 0 Å². The summed E-state index contributed by atoms with van der Waals surface area (Å²) in [6, 6.07) is 15.4. The van der Waals surface area contributed by atoms with E-state index in [4.69, 9.17) is 0 Å². The molecule has 7 heteroatoms. The van der Waals surface area contributed by atoms with Crippen LogP contribution in [0.15, 0.2) is 54.7 Å². The zero-order chi connectivity index (χ0) is 19.8. The first-order valence-electron chi connectivity index (χ1n) is 9.18. The molecule has 0 spiro atoms. The highest BCUT2D eigenvalue weighted by atomic mass is 16.1. The van der Waals surface area contributed by atoms with Crippen molar-refractivity contribution >= 4 is 23.4 Å². The van der Waals surface area contributed by atoms with E-state index in [-0.39, 0.29) is 5.91 Å². The van der Waals surface area contributed by atoms with E-state index in [0.717, 1.165) is 16.9 Å². The number of carbonyl (C=O) groups is 1. The zero-order valence-corrected chi connectivity index (χ0v) is 16.1. The fraction of sp³-hybridized carbons (Fsp3) is 0.238. The maximum atomic E-state index is 12.0. The van der Waals surface area contributed by atoms with Crippen LogP contribution in [0, 0.1) is 13.8 Å². The topological polar surface area (TPSA) is 91.8 Å². The summed E-state index contributed by atoms with van der Waals surface area (Å²) in [4.78, 5) is 25.0. The quantitative estimate of drug-likeness (QED) is 0.524. The van der Waals surface area contributed by atoms with Gasteiger partial charge in [0.15, 0.2) is 0 Å². The second-order valence-corrected chi connectivity index (χ2v) is 6.47. The molecule has 3 aromatic rings. The molecule has 0 aliphatic heterocycles. The molecular formula is C21H24N6O. The van der Waals surface area contributed by atoms with Crippen LogP contribution < -0.4 is 16.0 Å². The molecule has 1 amide bonds. The number of aryl methyl sites for hydroxylation is 2. The first-order chi connectivity index (χ1) is 13.6. The molecule has 3 N–H and O–H groups in total. The van der Waals surface area contributed by atoms with Crippen LogP contribution >= 0.6 is 0 Å². The smallest absolute Gasteiger partial charge is 0.224 e. The van der Waals surface area contributed by atoms with Crippen LogP contribution in [0.2, 0.25) is 0 Å². The Kier molecular flexibility index (Phi) is 6.51. The number of amides is 1. The summed E-state index contributed by atoms with van der Waals surface area (Å²) in [5.74, 6) is 2.74. The van der Waals surface area contributed by atoms with E-state index in [1.807, 2.05) is 62.4 Å². The molecule has 0 aliphatic rings. The summed E-state index contributed by atoms with van der Waals surface area (Å²) in [5, 5.41) is 9.31. The minimum atomic E-state index is -0.000236. The first kappa shape index (κ1) is 19.3. The minimum Gasteiger partial charge on any atom is -0.368 e. The Morgan fingerprint density at radius 3 is 2.50 bits per heavy atom. The van der Waals surface area contributed by atoms with Crippen LogP contribution in [0.1, 0.15) is 17.0 Å². The minimum absolute atomic E-state index is 0.000236. The third kappa shape index (κ3) is 6.05. The average molecular weight is 376 g/mol. The van der Waals surface area contributed by atoms with Crippen molar-refractivity contribution in [3.63, 3.8) is 0 Å². The number of hydrogen-bond donors (Lipinski definition) is 3. The number of benzene rings is 1. The maximum Gasteiger partial charge on any atom is 0.224 e. The molecule has 0 unspecified atom stereocenters. The number of carbonyl (C=O) groups excluding carboxylic acids is 1. The largest absolute Gasteiger partial charge is 0.368 e. The molecule has 0 fully saturated rings. The number of aromatic nitrogens is 3. The van der Waals surface area contributed by atoms with E-state index in [9.17, 15) is 4.79 Å². The van der Waals surface area contributed by atoms with Crippen molar-refractivity contribution in [3.05, 3.63) is 71.7 Å². The maximum absolute atomic E-state index is 12.0. The number of nitrogens with one attached hydrogen (secondary N) is 3. The fourth-order valence-electron chi connectivity index (χ4n) is 2.69. The second-order valence-electron chi connectivity index (χ2n) is 6.47. The number of nitrogens with zero attached hydrogens (tertiary/aromatic N) is 3. The molecule has 0 bridgehead atoms. The fourth-order valence-corrected chi connectivity index (χ4v) is 2.69. The highest BCUT2D eigenvalue weighted by Gasteiger charge is 2.05. The van der Waals surface area contributed by atoms with Crippen molar-refractivity contribution in [2.24, 2.45) is 0 Å². The van der Waals surface area contributed by atoms with E-state index in [2.05, 4.69) is 30.9 Å². The zero-order valence-electron chi connectivity index (χ0n) is 16.1. The third-order valence-electron chi connectivity index (χ3n) is 3.97.